The summed E-state index contributed by atoms with van der Waals surface area (Å²) in [7, 11) is 0. The van der Waals surface area contributed by atoms with Crippen molar-refractivity contribution in [3.63, 3.8) is 0 Å². The van der Waals surface area contributed by atoms with Crippen molar-refractivity contribution in [3.8, 4) is 0 Å². The number of nitrogens with zero attached hydrogens (tertiary/aromatic N) is 1. The van der Waals surface area contributed by atoms with Crippen molar-refractivity contribution in [2.75, 3.05) is 19.6 Å². The van der Waals surface area contributed by atoms with Gasteiger partial charge >= 0.3 is 0 Å². The highest BCUT2D eigenvalue weighted by Gasteiger charge is 2.26. The van der Waals surface area contributed by atoms with Crippen molar-refractivity contribution in [1.29, 1.82) is 0 Å². The summed E-state index contributed by atoms with van der Waals surface area (Å²) in [6.45, 7) is 2.30. The Morgan fingerprint density at radius 3 is 2.42 bits per heavy atom. The first kappa shape index (κ1) is 26.0. The molecule has 1 aliphatic rings. The number of halogens is 1. The number of hydrogen-bond donors (Lipinski definition) is 3. The summed E-state index contributed by atoms with van der Waals surface area (Å²) in [6.07, 6.45) is 4.35. The molecule has 3 aromatic carbocycles. The van der Waals surface area contributed by atoms with Gasteiger partial charge < -0.3 is 15.6 Å². The Kier molecular flexibility index (Phi) is 8.41. The summed E-state index contributed by atoms with van der Waals surface area (Å²) >= 11 is 6.28. The number of piperidine rings is 1. The summed E-state index contributed by atoms with van der Waals surface area (Å²) in [4.78, 5) is 31.9. The maximum Gasteiger partial charge on any atom is 0.243 e. The molecule has 0 saturated carbocycles. The van der Waals surface area contributed by atoms with Gasteiger partial charge in [0.25, 0.3) is 0 Å². The van der Waals surface area contributed by atoms with E-state index in [-0.39, 0.29) is 18.4 Å². The number of aromatic nitrogens is 1. The molecule has 0 aliphatic carbocycles. The van der Waals surface area contributed by atoms with Gasteiger partial charge in [-0.05, 0) is 60.7 Å². The number of carbonyl (C=O) groups excluding carboxylic acids is 2. The van der Waals surface area contributed by atoms with E-state index >= 15 is 0 Å². The van der Waals surface area contributed by atoms with Crippen LogP contribution in [0.1, 0.15) is 35.4 Å². The van der Waals surface area contributed by atoms with E-state index in [9.17, 15) is 9.59 Å². The number of benzene rings is 3. The summed E-state index contributed by atoms with van der Waals surface area (Å²) in [5.41, 5.74) is 4.19. The molecule has 5 rings (SSSR count). The van der Waals surface area contributed by atoms with E-state index in [0.717, 1.165) is 48.0 Å². The van der Waals surface area contributed by atoms with Crippen LogP contribution in [-0.2, 0) is 22.6 Å². The fourth-order valence-corrected chi connectivity index (χ4v) is 5.47. The topological polar surface area (TPSA) is 77.2 Å². The second kappa shape index (κ2) is 12.3. The zero-order valence-corrected chi connectivity index (χ0v) is 22.1. The SMILES string of the molecule is O=C(CN1CCC(c2ccccc2)CC1)NC(Cc1c[nH]c2ccccc12)C(=O)NCc1ccccc1Cl. The van der Waals surface area contributed by atoms with Gasteiger partial charge in [0.05, 0.1) is 6.54 Å². The van der Waals surface area contributed by atoms with E-state index in [1.807, 2.05) is 54.7 Å². The molecular formula is C31H33ClN4O2. The molecule has 38 heavy (non-hydrogen) atoms. The molecule has 0 spiro atoms. The Balaban J connectivity index is 1.23. The highest BCUT2D eigenvalue weighted by atomic mass is 35.5. The van der Waals surface area contributed by atoms with Crippen molar-refractivity contribution in [3.05, 3.63) is 107 Å². The number of nitrogens with one attached hydrogen (secondary N) is 3. The quantitative estimate of drug-likeness (QED) is 0.285. The smallest absolute Gasteiger partial charge is 0.243 e. The van der Waals surface area contributed by atoms with Crippen molar-refractivity contribution >= 4 is 34.3 Å². The van der Waals surface area contributed by atoms with E-state index < -0.39 is 6.04 Å². The van der Waals surface area contributed by atoms with Crippen molar-refractivity contribution in [2.45, 2.75) is 37.8 Å². The summed E-state index contributed by atoms with van der Waals surface area (Å²) in [6, 6.07) is 25.3. The van der Waals surface area contributed by atoms with Crippen LogP contribution in [0.15, 0.2) is 85.1 Å². The lowest BCUT2D eigenvalue weighted by Gasteiger charge is -2.32. The number of fused-ring (bicyclic) bond motifs is 1. The molecule has 1 saturated heterocycles. The van der Waals surface area contributed by atoms with Crippen LogP contribution in [-0.4, -0.2) is 47.4 Å². The minimum absolute atomic E-state index is 0.138. The molecule has 196 valence electrons. The Morgan fingerprint density at radius 2 is 1.63 bits per heavy atom. The van der Waals surface area contributed by atoms with E-state index in [1.54, 1.807) is 6.07 Å². The Morgan fingerprint density at radius 1 is 0.921 bits per heavy atom. The van der Waals surface area contributed by atoms with Gasteiger partial charge in [0, 0.05) is 35.1 Å². The highest BCUT2D eigenvalue weighted by Crippen LogP contribution is 2.27. The summed E-state index contributed by atoms with van der Waals surface area (Å²) in [5, 5.41) is 7.64. The lowest BCUT2D eigenvalue weighted by Crippen LogP contribution is -2.51. The number of carbonyl (C=O) groups is 2. The van der Waals surface area contributed by atoms with Crippen molar-refractivity contribution in [1.82, 2.24) is 20.5 Å². The second-order valence-corrected chi connectivity index (χ2v) is 10.4. The predicted molar refractivity (Wildman–Crippen MR) is 152 cm³/mol. The normalized spacial score (nSPS) is 15.3. The molecule has 6 nitrogen and oxygen atoms in total. The maximum atomic E-state index is 13.3. The first-order chi connectivity index (χ1) is 18.6. The minimum atomic E-state index is -0.703. The zero-order chi connectivity index (χ0) is 26.3. The third-order valence-electron chi connectivity index (χ3n) is 7.39. The molecule has 2 amide bonds. The van der Waals surface area contributed by atoms with Gasteiger partial charge in [-0.3, -0.25) is 14.5 Å². The predicted octanol–water partition coefficient (Wildman–Crippen LogP) is 5.04. The number of H-pyrrole nitrogens is 1. The molecule has 4 aromatic rings. The maximum absolute atomic E-state index is 13.3. The molecule has 1 atom stereocenters. The molecule has 0 radical (unpaired) electrons. The molecule has 1 fully saturated rings. The van der Waals surface area contributed by atoms with Crippen LogP contribution >= 0.6 is 11.6 Å². The van der Waals surface area contributed by atoms with E-state index in [2.05, 4.69) is 44.8 Å². The fraction of sp³-hybridized carbons (Fsp3) is 0.290. The number of hydrogen-bond acceptors (Lipinski definition) is 3. The first-order valence-electron chi connectivity index (χ1n) is 13.2. The van der Waals surface area contributed by atoms with Crippen LogP contribution < -0.4 is 10.6 Å². The Hall–Kier alpha value is -3.61. The highest BCUT2D eigenvalue weighted by molar-refractivity contribution is 6.31. The third kappa shape index (κ3) is 6.44. The third-order valence-corrected chi connectivity index (χ3v) is 7.76. The molecule has 1 unspecified atom stereocenters. The summed E-state index contributed by atoms with van der Waals surface area (Å²) < 4.78 is 0. The first-order valence-corrected chi connectivity index (χ1v) is 13.6. The average molecular weight is 529 g/mol. The van der Waals surface area contributed by atoms with Gasteiger partial charge in [-0.15, -0.1) is 0 Å². The van der Waals surface area contributed by atoms with Crippen LogP contribution in [0.4, 0.5) is 0 Å². The number of aromatic amines is 1. The van der Waals surface area contributed by atoms with Gasteiger partial charge in [-0.25, -0.2) is 0 Å². The largest absolute Gasteiger partial charge is 0.361 e. The molecule has 7 heteroatoms. The Labute approximate surface area is 228 Å². The number of para-hydroxylation sites is 1. The number of amides is 2. The van der Waals surface area contributed by atoms with Crippen LogP contribution in [0.25, 0.3) is 10.9 Å². The molecule has 1 aromatic heterocycles. The molecule has 1 aliphatic heterocycles. The van der Waals surface area contributed by atoms with E-state index in [4.69, 9.17) is 11.6 Å². The molecular weight excluding hydrogens is 496 g/mol. The van der Waals surface area contributed by atoms with Crippen LogP contribution in [0.2, 0.25) is 5.02 Å². The van der Waals surface area contributed by atoms with Gasteiger partial charge in [-0.1, -0.05) is 78.3 Å². The monoisotopic (exact) mass is 528 g/mol. The molecule has 2 heterocycles. The van der Waals surface area contributed by atoms with Gasteiger partial charge in [0.2, 0.25) is 11.8 Å². The van der Waals surface area contributed by atoms with Crippen molar-refractivity contribution in [2.24, 2.45) is 0 Å². The summed E-state index contributed by atoms with van der Waals surface area (Å²) in [5.74, 6) is 0.160. The fourth-order valence-electron chi connectivity index (χ4n) is 5.27. The van der Waals surface area contributed by atoms with E-state index in [1.165, 1.54) is 5.56 Å². The standard InChI is InChI=1S/C31H33ClN4O2/c32-27-12-6-4-10-24(27)19-34-31(38)29(18-25-20-33-28-13-7-5-11-26(25)28)35-30(37)21-36-16-14-23(15-17-36)22-8-2-1-3-9-22/h1-13,20,23,29,33H,14-19,21H2,(H,34,38)(H,35,37). The zero-order valence-electron chi connectivity index (χ0n) is 21.3. The van der Waals surface area contributed by atoms with E-state index in [0.29, 0.717) is 23.9 Å². The van der Waals surface area contributed by atoms with Gasteiger partial charge in [0.1, 0.15) is 6.04 Å². The van der Waals surface area contributed by atoms with Gasteiger partial charge in [-0.2, -0.15) is 0 Å². The van der Waals surface area contributed by atoms with Crippen LogP contribution in [0, 0.1) is 0 Å². The molecule has 0 bridgehead atoms. The average Bonchev–Trinajstić information content (AvgIpc) is 3.36. The van der Waals surface area contributed by atoms with Crippen LogP contribution in [0.3, 0.4) is 0 Å². The minimum Gasteiger partial charge on any atom is -0.361 e. The number of likely N-dealkylation sites (tertiary alicyclic amines) is 1. The Bertz CT molecular complexity index is 1380. The molecule has 3 N–H and O–H groups in total. The van der Waals surface area contributed by atoms with Gasteiger partial charge in [0.15, 0.2) is 0 Å². The van der Waals surface area contributed by atoms with Crippen LogP contribution in [0.5, 0.6) is 0 Å². The van der Waals surface area contributed by atoms with Crippen molar-refractivity contribution < 1.29 is 9.59 Å². The lowest BCUT2D eigenvalue weighted by atomic mass is 9.89. The lowest BCUT2D eigenvalue weighted by molar-refractivity contribution is -0.129. The second-order valence-electron chi connectivity index (χ2n) is 9.95. The number of rotatable bonds is 9.